The zero-order valence-electron chi connectivity index (χ0n) is 14.5. The molecule has 0 radical (unpaired) electrons. The maximum atomic E-state index is 12.6. The topological polar surface area (TPSA) is 29.5 Å². The lowest BCUT2D eigenvalue weighted by Gasteiger charge is -2.32. The summed E-state index contributed by atoms with van der Waals surface area (Å²) in [6, 6.07) is 0. The first-order chi connectivity index (χ1) is 9.92. The van der Waals surface area contributed by atoms with E-state index in [2.05, 4.69) is 6.92 Å². The van der Waals surface area contributed by atoms with Gasteiger partial charge in [-0.2, -0.15) is 0 Å². The van der Waals surface area contributed by atoms with Crippen LogP contribution in [0.2, 0.25) is 0 Å². The minimum Gasteiger partial charge on any atom is -0.478 e. The van der Waals surface area contributed by atoms with Crippen molar-refractivity contribution in [1.29, 1.82) is 0 Å². The average Bonchev–Trinajstić information content (AvgIpc) is 2.45. The van der Waals surface area contributed by atoms with Crippen LogP contribution in [0.5, 0.6) is 0 Å². The molecular weight excluding hydrogens is 262 g/mol. The van der Waals surface area contributed by atoms with Gasteiger partial charge in [-0.05, 0) is 53.2 Å². The van der Waals surface area contributed by atoms with Gasteiger partial charge in [0.2, 0.25) is 0 Å². The number of carbonyl (C=O) groups excluding carboxylic acids is 1. The monoisotopic (exact) mass is 293 g/mol. The van der Waals surface area contributed by atoms with Gasteiger partial charge < -0.3 is 9.64 Å². The van der Waals surface area contributed by atoms with Crippen molar-refractivity contribution in [3.05, 3.63) is 36.1 Å². The van der Waals surface area contributed by atoms with E-state index >= 15 is 0 Å². The Labute approximate surface area is 130 Å². The molecule has 0 fully saturated rings. The molecule has 0 unspecified atom stereocenters. The van der Waals surface area contributed by atoms with Gasteiger partial charge in [0.25, 0.3) is 5.91 Å². The molecule has 120 valence electrons. The highest BCUT2D eigenvalue weighted by atomic mass is 16.5. The first-order valence-corrected chi connectivity index (χ1v) is 7.86. The summed E-state index contributed by atoms with van der Waals surface area (Å²) in [5.74, 6) is 0.731. The van der Waals surface area contributed by atoms with E-state index in [1.807, 2.05) is 69.9 Å². The van der Waals surface area contributed by atoms with E-state index in [4.69, 9.17) is 4.74 Å². The molecule has 0 aromatic rings. The molecule has 0 aliphatic heterocycles. The van der Waals surface area contributed by atoms with Crippen LogP contribution in [0.3, 0.4) is 0 Å². The Hall–Kier alpha value is -1.51. The van der Waals surface area contributed by atoms with Gasteiger partial charge in [0.15, 0.2) is 5.60 Å². The zero-order valence-corrected chi connectivity index (χ0v) is 14.5. The Balaban J connectivity index is 5.02. The van der Waals surface area contributed by atoms with Crippen molar-refractivity contribution < 1.29 is 9.53 Å². The number of allylic oxidation sites excluding steroid dienone is 5. The van der Waals surface area contributed by atoms with Gasteiger partial charge in [-0.25, -0.2) is 0 Å². The van der Waals surface area contributed by atoms with Crippen LogP contribution in [-0.2, 0) is 9.53 Å². The molecule has 0 saturated carbocycles. The Morgan fingerprint density at radius 3 is 2.33 bits per heavy atom. The maximum absolute atomic E-state index is 12.6. The molecule has 0 aromatic carbocycles. The molecule has 0 saturated heterocycles. The van der Waals surface area contributed by atoms with Gasteiger partial charge in [0.05, 0.1) is 0 Å². The molecule has 0 aliphatic carbocycles. The maximum Gasteiger partial charge on any atom is 0.266 e. The Kier molecular flexibility index (Phi) is 9.51. The standard InChI is InChI=1S/C18H31NO2/c1-7-11-14-16(13-9-3)21-18(5,6)17(20)19(10-4)15-12-8-2/h7,9,11,13-14H,8,10,12,15H2,1-6H3/b11-7-,13-9-,16-14+. The highest BCUT2D eigenvalue weighted by Gasteiger charge is 2.33. The molecule has 0 rings (SSSR count). The number of rotatable bonds is 9. The third-order valence-corrected chi connectivity index (χ3v) is 3.12. The van der Waals surface area contributed by atoms with Gasteiger partial charge in [0.1, 0.15) is 5.76 Å². The van der Waals surface area contributed by atoms with Crippen LogP contribution in [0.4, 0.5) is 0 Å². The second-order valence-electron chi connectivity index (χ2n) is 5.45. The summed E-state index contributed by atoms with van der Waals surface area (Å²) in [5, 5.41) is 0. The number of hydrogen-bond acceptors (Lipinski definition) is 2. The van der Waals surface area contributed by atoms with Gasteiger partial charge in [-0.3, -0.25) is 4.79 Å². The van der Waals surface area contributed by atoms with Crippen molar-refractivity contribution >= 4 is 5.91 Å². The van der Waals surface area contributed by atoms with E-state index < -0.39 is 5.60 Å². The largest absolute Gasteiger partial charge is 0.478 e. The van der Waals surface area contributed by atoms with Crippen LogP contribution >= 0.6 is 0 Å². The summed E-state index contributed by atoms with van der Waals surface area (Å²) in [6.45, 7) is 13.2. The molecule has 0 heterocycles. The quantitative estimate of drug-likeness (QED) is 0.464. The van der Waals surface area contributed by atoms with Gasteiger partial charge in [0, 0.05) is 13.1 Å². The van der Waals surface area contributed by atoms with Crippen molar-refractivity contribution in [2.45, 2.75) is 60.0 Å². The van der Waals surface area contributed by atoms with E-state index in [1.165, 1.54) is 0 Å². The van der Waals surface area contributed by atoms with Gasteiger partial charge in [-0.15, -0.1) is 0 Å². The molecular formula is C18H31NO2. The van der Waals surface area contributed by atoms with Crippen molar-refractivity contribution in [3.63, 3.8) is 0 Å². The summed E-state index contributed by atoms with van der Waals surface area (Å²) in [5.41, 5.74) is -0.864. The normalized spacial score (nSPS) is 13.1. The summed E-state index contributed by atoms with van der Waals surface area (Å²) < 4.78 is 5.94. The third kappa shape index (κ3) is 7.16. The number of likely N-dealkylation sites (N-methyl/N-ethyl adjacent to an activating group) is 1. The molecule has 21 heavy (non-hydrogen) atoms. The number of carbonyl (C=O) groups is 1. The van der Waals surface area contributed by atoms with Crippen molar-refractivity contribution in [2.75, 3.05) is 13.1 Å². The molecule has 0 spiro atoms. The van der Waals surface area contributed by atoms with Crippen LogP contribution in [0.15, 0.2) is 36.1 Å². The van der Waals surface area contributed by atoms with E-state index in [0.717, 1.165) is 19.4 Å². The summed E-state index contributed by atoms with van der Waals surface area (Å²) in [4.78, 5) is 14.5. The molecule has 0 N–H and O–H groups in total. The smallest absolute Gasteiger partial charge is 0.266 e. The lowest BCUT2D eigenvalue weighted by Crippen LogP contribution is -2.47. The zero-order chi connectivity index (χ0) is 16.3. The van der Waals surface area contributed by atoms with Crippen LogP contribution in [0.1, 0.15) is 54.4 Å². The van der Waals surface area contributed by atoms with Crippen LogP contribution in [-0.4, -0.2) is 29.5 Å². The fraction of sp³-hybridized carbons (Fsp3) is 0.611. The second kappa shape index (κ2) is 10.3. The van der Waals surface area contributed by atoms with Gasteiger partial charge in [-0.1, -0.05) is 31.6 Å². The lowest BCUT2D eigenvalue weighted by atomic mass is 10.1. The summed E-state index contributed by atoms with van der Waals surface area (Å²) in [7, 11) is 0. The number of nitrogens with zero attached hydrogens (tertiary/aromatic N) is 1. The first kappa shape index (κ1) is 19.5. The van der Waals surface area contributed by atoms with Crippen molar-refractivity contribution in [3.8, 4) is 0 Å². The number of unbranched alkanes of at least 4 members (excludes halogenated alkanes) is 1. The second-order valence-corrected chi connectivity index (χ2v) is 5.45. The van der Waals surface area contributed by atoms with E-state index in [0.29, 0.717) is 12.3 Å². The van der Waals surface area contributed by atoms with Crippen molar-refractivity contribution in [1.82, 2.24) is 4.90 Å². The molecule has 3 nitrogen and oxygen atoms in total. The molecule has 0 bridgehead atoms. The van der Waals surface area contributed by atoms with E-state index in [9.17, 15) is 4.79 Å². The number of hydrogen-bond donors (Lipinski definition) is 0. The first-order valence-electron chi connectivity index (χ1n) is 7.86. The average molecular weight is 293 g/mol. The minimum absolute atomic E-state index is 0.0364. The van der Waals surface area contributed by atoms with Gasteiger partial charge >= 0.3 is 0 Å². The van der Waals surface area contributed by atoms with Crippen LogP contribution in [0, 0.1) is 0 Å². The summed E-state index contributed by atoms with van der Waals surface area (Å²) in [6.07, 6.45) is 11.6. The highest BCUT2D eigenvalue weighted by molar-refractivity contribution is 5.84. The van der Waals surface area contributed by atoms with Crippen LogP contribution < -0.4 is 0 Å². The Morgan fingerprint density at radius 2 is 1.86 bits per heavy atom. The Bertz CT molecular complexity index is 392. The van der Waals surface area contributed by atoms with E-state index in [1.54, 1.807) is 0 Å². The third-order valence-electron chi connectivity index (χ3n) is 3.12. The highest BCUT2D eigenvalue weighted by Crippen LogP contribution is 2.19. The van der Waals surface area contributed by atoms with Crippen molar-refractivity contribution in [2.24, 2.45) is 0 Å². The SMILES string of the molecule is C\C=C/C=C(\C=C/C)OC(C)(C)C(=O)N(CC)CCCC. The fourth-order valence-corrected chi connectivity index (χ4v) is 1.95. The molecule has 1 amide bonds. The lowest BCUT2D eigenvalue weighted by molar-refractivity contribution is -0.149. The summed E-state index contributed by atoms with van der Waals surface area (Å²) >= 11 is 0. The predicted octanol–water partition coefficient (Wildman–Crippen LogP) is 4.47. The Morgan fingerprint density at radius 1 is 1.19 bits per heavy atom. The molecule has 3 heteroatoms. The van der Waals surface area contributed by atoms with E-state index in [-0.39, 0.29) is 5.91 Å². The van der Waals surface area contributed by atoms with Crippen LogP contribution in [0.25, 0.3) is 0 Å². The number of ether oxygens (including phenoxy) is 1. The fourth-order valence-electron chi connectivity index (χ4n) is 1.95. The molecule has 0 atom stereocenters. The predicted molar refractivity (Wildman–Crippen MR) is 90.0 cm³/mol. The minimum atomic E-state index is -0.864. The molecule has 0 aliphatic rings. The molecule has 0 aromatic heterocycles. The number of amides is 1.